The van der Waals surface area contributed by atoms with Crippen LogP contribution < -0.4 is 11.1 Å². The number of alkyl halides is 1. The van der Waals surface area contributed by atoms with E-state index in [-0.39, 0.29) is 29.0 Å². The number of hydrogen-bond acceptors (Lipinski definition) is 13. The van der Waals surface area contributed by atoms with Gasteiger partial charge in [-0.05, 0) is 12.5 Å². The van der Waals surface area contributed by atoms with Gasteiger partial charge in [-0.1, -0.05) is 10.4 Å². The van der Waals surface area contributed by atoms with Crippen molar-refractivity contribution in [3.63, 3.8) is 0 Å². The number of nitrogens with two attached hydrogens (primary N) is 1. The Balaban J connectivity index is 1.46. The van der Waals surface area contributed by atoms with Crippen molar-refractivity contribution in [2.24, 2.45) is 20.5 Å². The molecule has 0 saturated carbocycles. The van der Waals surface area contributed by atoms with Crippen molar-refractivity contribution in [1.82, 2.24) is 29.5 Å². The summed E-state index contributed by atoms with van der Waals surface area (Å²) >= 11 is 2.05. The van der Waals surface area contributed by atoms with E-state index >= 15 is 0 Å². The van der Waals surface area contributed by atoms with Crippen molar-refractivity contribution in [3.05, 3.63) is 17.1 Å². The molecule has 3 aliphatic rings. The normalized spacial score (nSPS) is 22.8. The number of thioether (sulfide) groups is 1. The zero-order chi connectivity index (χ0) is 27.4. The minimum absolute atomic E-state index is 0.0317. The molecule has 3 aliphatic heterocycles. The number of nitrogens with zero attached hydrogens (tertiary/aromatic N) is 9. The summed E-state index contributed by atoms with van der Waals surface area (Å²) in [4.78, 5) is 53.4. The molecule has 4 N–H and O–H groups in total. The number of guanidine groups is 1. The number of amides is 2. The number of nitrogen functional groups attached to an aromatic ring is 1. The fourth-order valence-electron chi connectivity index (χ4n) is 4.03. The van der Waals surface area contributed by atoms with E-state index in [2.05, 4.69) is 40.0 Å². The maximum atomic E-state index is 12.9. The number of aromatic nitrogens is 2. The molecule has 1 aromatic heterocycles. The molecule has 2 amide bonds. The fourth-order valence-corrected chi connectivity index (χ4v) is 5.80. The summed E-state index contributed by atoms with van der Waals surface area (Å²) in [7, 11) is 1.66. The first-order chi connectivity index (χ1) is 18.3. The van der Waals surface area contributed by atoms with Gasteiger partial charge in [-0.25, -0.2) is 14.2 Å². The monoisotopic (exact) mass is 569 g/mol. The van der Waals surface area contributed by atoms with Crippen LogP contribution >= 0.6 is 23.3 Å². The third kappa shape index (κ3) is 5.23. The second-order valence-corrected chi connectivity index (χ2v) is 9.76. The van der Waals surface area contributed by atoms with Gasteiger partial charge < -0.3 is 25.9 Å². The number of carboxylic acids is 1. The standard InChI is InChI=1S/C19H24FN11O5S2/c1-3-29-4-5-30(19(29)22-2)28-23-6-9-7-37-16-11(15(33)31(16)12(9)17(34)35)24-14(32)10(26-36-8-20)13-25-18(21)38-27-13/h11,16H,3-8H2,1-2H3,(H,24,32)(H,34,35)(H2,21,25,27). The highest BCUT2D eigenvalue weighted by Crippen LogP contribution is 2.40. The van der Waals surface area contributed by atoms with Crippen molar-refractivity contribution >= 4 is 57.9 Å². The summed E-state index contributed by atoms with van der Waals surface area (Å²) in [6.07, 6.45) is 0. The highest BCUT2D eigenvalue weighted by atomic mass is 32.2. The van der Waals surface area contributed by atoms with Gasteiger partial charge in [-0.2, -0.15) is 14.5 Å². The number of likely N-dealkylation sites (N-methyl/N-ethyl adjacent to an activating group) is 1. The lowest BCUT2D eigenvalue weighted by atomic mass is 10.0. The average molecular weight is 570 g/mol. The topological polar surface area (TPSA) is 204 Å². The van der Waals surface area contributed by atoms with Gasteiger partial charge in [0.2, 0.25) is 17.5 Å². The number of carbonyl (C=O) groups is 3. The van der Waals surface area contributed by atoms with Crippen LogP contribution in [0.25, 0.3) is 0 Å². The zero-order valence-electron chi connectivity index (χ0n) is 20.3. The van der Waals surface area contributed by atoms with E-state index in [0.29, 0.717) is 18.1 Å². The van der Waals surface area contributed by atoms with Gasteiger partial charge in [0.15, 0.2) is 5.13 Å². The molecule has 2 saturated heterocycles. The molecule has 1 aromatic rings. The van der Waals surface area contributed by atoms with Crippen LogP contribution in [-0.2, 0) is 19.2 Å². The third-order valence-electron chi connectivity index (χ3n) is 5.72. The molecule has 19 heteroatoms. The van der Waals surface area contributed by atoms with Crippen LogP contribution in [0.1, 0.15) is 12.7 Å². The van der Waals surface area contributed by atoms with E-state index < -0.39 is 41.8 Å². The van der Waals surface area contributed by atoms with E-state index in [9.17, 15) is 23.9 Å². The summed E-state index contributed by atoms with van der Waals surface area (Å²) < 4.78 is 16.3. The van der Waals surface area contributed by atoms with Gasteiger partial charge in [-0.15, -0.1) is 11.8 Å². The van der Waals surface area contributed by atoms with Gasteiger partial charge in [-0.3, -0.25) is 19.5 Å². The Morgan fingerprint density at radius 1 is 1.37 bits per heavy atom. The van der Waals surface area contributed by atoms with Crippen molar-refractivity contribution < 1.29 is 28.7 Å². The summed E-state index contributed by atoms with van der Waals surface area (Å²) in [5, 5.41) is 25.1. The molecule has 4 heterocycles. The molecule has 0 radical (unpaired) electrons. The number of hydrogen-bond donors (Lipinski definition) is 3. The van der Waals surface area contributed by atoms with E-state index in [0.717, 1.165) is 29.5 Å². The molecule has 2 atom stereocenters. The van der Waals surface area contributed by atoms with Crippen molar-refractivity contribution in [3.8, 4) is 0 Å². The number of nitrogens with one attached hydrogen (secondary N) is 1. The number of aliphatic carboxylic acids is 1. The van der Waals surface area contributed by atoms with Crippen LogP contribution in [0.5, 0.6) is 0 Å². The lowest BCUT2D eigenvalue weighted by Gasteiger charge is -2.49. The highest BCUT2D eigenvalue weighted by molar-refractivity contribution is 8.00. The molecular weight excluding hydrogens is 545 g/mol. The number of halogens is 1. The Bertz CT molecular complexity index is 1240. The van der Waals surface area contributed by atoms with Crippen LogP contribution in [0, 0.1) is 0 Å². The maximum Gasteiger partial charge on any atom is 0.352 e. The smallest absolute Gasteiger partial charge is 0.352 e. The van der Waals surface area contributed by atoms with E-state index in [4.69, 9.17) is 5.73 Å². The number of fused-ring (bicyclic) bond motifs is 1. The van der Waals surface area contributed by atoms with Gasteiger partial charge in [0.1, 0.15) is 17.1 Å². The van der Waals surface area contributed by atoms with Crippen LogP contribution in [0.15, 0.2) is 31.8 Å². The Labute approximate surface area is 223 Å². The molecule has 2 fully saturated rings. The first-order valence-electron chi connectivity index (χ1n) is 11.2. The van der Waals surface area contributed by atoms with E-state index in [1.54, 1.807) is 12.1 Å². The number of anilines is 1. The Hall–Kier alpha value is -3.87. The number of carboxylic acid groups (broad SMARTS) is 1. The van der Waals surface area contributed by atoms with E-state index in [1.807, 2.05) is 11.8 Å². The second-order valence-electron chi connectivity index (χ2n) is 7.87. The van der Waals surface area contributed by atoms with Crippen molar-refractivity contribution in [2.75, 3.05) is 51.6 Å². The fraction of sp³-hybridized carbons (Fsp3) is 0.526. The van der Waals surface area contributed by atoms with Crippen LogP contribution in [0.2, 0.25) is 0 Å². The summed E-state index contributed by atoms with van der Waals surface area (Å²) in [5.74, 6) is -2.13. The molecule has 2 unspecified atom stereocenters. The largest absolute Gasteiger partial charge is 0.477 e. The molecule has 0 spiro atoms. The summed E-state index contributed by atoms with van der Waals surface area (Å²) in [5.41, 5.74) is 5.27. The quantitative estimate of drug-likeness (QED) is 0.142. The zero-order valence-corrected chi connectivity index (χ0v) is 21.9. The first-order valence-corrected chi connectivity index (χ1v) is 13.1. The second kappa shape index (κ2) is 11.7. The van der Waals surface area contributed by atoms with Gasteiger partial charge >= 0.3 is 5.97 Å². The first kappa shape index (κ1) is 27.2. The molecule has 4 rings (SSSR count). The Morgan fingerprint density at radius 3 is 2.79 bits per heavy atom. The molecule has 0 aliphatic carbocycles. The number of aliphatic imine (C=N–C) groups is 1. The predicted octanol–water partition coefficient (Wildman–Crippen LogP) is -0.503. The summed E-state index contributed by atoms with van der Waals surface area (Å²) in [6, 6.07) is -1.07. The van der Waals surface area contributed by atoms with Crippen LogP contribution in [0.4, 0.5) is 9.52 Å². The van der Waals surface area contributed by atoms with Crippen molar-refractivity contribution in [2.45, 2.75) is 18.3 Å². The molecule has 0 bridgehead atoms. The molecule has 0 aromatic carbocycles. The average Bonchev–Trinajstić information content (AvgIpc) is 3.52. The van der Waals surface area contributed by atoms with Crippen LogP contribution in [-0.4, -0.2) is 116 Å². The molecule has 38 heavy (non-hydrogen) atoms. The van der Waals surface area contributed by atoms with Gasteiger partial charge in [0.25, 0.3) is 18.7 Å². The Morgan fingerprint density at radius 2 is 2.16 bits per heavy atom. The maximum absolute atomic E-state index is 12.9. The molecule has 204 valence electrons. The highest BCUT2D eigenvalue weighted by Gasteiger charge is 2.54. The lowest BCUT2D eigenvalue weighted by molar-refractivity contribution is -0.150. The van der Waals surface area contributed by atoms with Crippen LogP contribution in [0.3, 0.4) is 0 Å². The third-order valence-corrected chi connectivity index (χ3v) is 7.60. The molecular formula is C19H24FN11O5S2. The Kier molecular flexibility index (Phi) is 8.35. The number of rotatable bonds is 10. The minimum atomic E-state index is -1.31. The van der Waals surface area contributed by atoms with Gasteiger partial charge in [0.05, 0.1) is 13.1 Å². The number of oxime groups is 1. The predicted molar refractivity (Wildman–Crippen MR) is 135 cm³/mol. The number of carbonyl (C=O) groups excluding carboxylic acids is 2. The number of β-lactam (4-membered cyclic amide) rings is 1. The minimum Gasteiger partial charge on any atom is -0.477 e. The SMILES string of the molecule is CCN1CCN(N=NCC2=C(C(=O)O)N3C(=O)C(NC(=O)C(=NOCF)c4nsc(N)n4)C3SC2)C1=NC. The summed E-state index contributed by atoms with van der Waals surface area (Å²) in [6.45, 7) is 2.78. The molecule has 16 nitrogen and oxygen atoms in total. The van der Waals surface area contributed by atoms with Gasteiger partial charge in [0, 0.05) is 37.4 Å². The lowest BCUT2D eigenvalue weighted by Crippen LogP contribution is -2.71. The van der Waals surface area contributed by atoms with E-state index in [1.165, 1.54) is 11.8 Å². The van der Waals surface area contributed by atoms with Crippen molar-refractivity contribution in [1.29, 1.82) is 0 Å².